The number of aryl methyl sites for hydroxylation is 2. The van der Waals surface area contributed by atoms with Crippen molar-refractivity contribution in [2.75, 3.05) is 10.6 Å². The maximum atomic E-state index is 12.4. The molecule has 28 heavy (non-hydrogen) atoms. The molecule has 0 fully saturated rings. The second-order valence-corrected chi connectivity index (χ2v) is 6.42. The Labute approximate surface area is 164 Å². The van der Waals surface area contributed by atoms with Crippen LogP contribution >= 0.6 is 0 Å². The molecule has 5 nitrogen and oxygen atoms in total. The van der Waals surface area contributed by atoms with Crippen LogP contribution in [0.1, 0.15) is 45.7 Å². The third-order valence-electron chi connectivity index (χ3n) is 4.48. The summed E-state index contributed by atoms with van der Waals surface area (Å²) in [6.45, 7) is 4.13. The highest BCUT2D eigenvalue weighted by Gasteiger charge is 2.10. The van der Waals surface area contributed by atoms with Crippen molar-refractivity contribution < 1.29 is 9.59 Å². The van der Waals surface area contributed by atoms with Crippen molar-refractivity contribution in [1.29, 1.82) is 0 Å². The first-order valence-electron chi connectivity index (χ1n) is 9.36. The Morgan fingerprint density at radius 3 is 1.43 bits per heavy atom. The Morgan fingerprint density at radius 1 is 0.679 bits per heavy atom. The van der Waals surface area contributed by atoms with Crippen molar-refractivity contribution >= 4 is 23.5 Å². The zero-order valence-corrected chi connectivity index (χ0v) is 16.0. The molecular formula is C23H23N3O2. The Hall–Kier alpha value is -3.47. The smallest absolute Gasteiger partial charge is 0.256 e. The number of nitrogens with zero attached hydrogens (tertiary/aromatic N) is 1. The zero-order chi connectivity index (χ0) is 19.9. The van der Waals surface area contributed by atoms with Gasteiger partial charge in [-0.1, -0.05) is 44.2 Å². The van der Waals surface area contributed by atoms with Crippen molar-refractivity contribution in [3.8, 4) is 0 Å². The van der Waals surface area contributed by atoms with Gasteiger partial charge in [0, 0.05) is 11.1 Å². The van der Waals surface area contributed by atoms with Crippen LogP contribution in [0.5, 0.6) is 0 Å². The highest BCUT2D eigenvalue weighted by Crippen LogP contribution is 2.14. The Morgan fingerprint density at radius 2 is 1.07 bits per heavy atom. The summed E-state index contributed by atoms with van der Waals surface area (Å²) in [6, 6.07) is 20.0. The second-order valence-electron chi connectivity index (χ2n) is 6.42. The molecule has 0 aliphatic rings. The molecule has 0 unspecified atom stereocenters. The molecule has 0 aliphatic carbocycles. The van der Waals surface area contributed by atoms with Gasteiger partial charge in [0.15, 0.2) is 0 Å². The number of aromatic nitrogens is 1. The standard InChI is InChI=1S/C23H23N3O2/c1-3-16-8-12-18(13-9-16)22(27)25-20-6-5-7-21(24-20)26-23(28)19-14-10-17(4-2)11-15-19/h5-15H,3-4H2,1-2H3,(H2,24,25,26,27,28). The minimum Gasteiger partial charge on any atom is -0.306 e. The van der Waals surface area contributed by atoms with Gasteiger partial charge < -0.3 is 10.6 Å². The summed E-state index contributed by atoms with van der Waals surface area (Å²) < 4.78 is 0. The average molecular weight is 373 g/mol. The molecule has 3 aromatic rings. The fourth-order valence-electron chi connectivity index (χ4n) is 2.73. The van der Waals surface area contributed by atoms with Gasteiger partial charge in [-0.25, -0.2) is 4.98 Å². The second kappa shape index (κ2) is 8.95. The van der Waals surface area contributed by atoms with E-state index in [1.54, 1.807) is 42.5 Å². The third-order valence-corrected chi connectivity index (χ3v) is 4.48. The molecule has 0 bridgehead atoms. The van der Waals surface area contributed by atoms with Crippen LogP contribution in [0.3, 0.4) is 0 Å². The quantitative estimate of drug-likeness (QED) is 0.657. The predicted octanol–water partition coefficient (Wildman–Crippen LogP) is 4.71. The van der Waals surface area contributed by atoms with E-state index in [1.807, 2.05) is 24.3 Å². The number of carbonyl (C=O) groups is 2. The zero-order valence-electron chi connectivity index (χ0n) is 16.0. The highest BCUT2D eigenvalue weighted by atomic mass is 16.2. The lowest BCUT2D eigenvalue weighted by Crippen LogP contribution is -2.16. The summed E-state index contributed by atoms with van der Waals surface area (Å²) >= 11 is 0. The van der Waals surface area contributed by atoms with E-state index in [0.717, 1.165) is 12.8 Å². The molecule has 0 spiro atoms. The lowest BCUT2D eigenvalue weighted by molar-refractivity contribution is 0.101. The Kier molecular flexibility index (Phi) is 6.17. The molecule has 1 heterocycles. The monoisotopic (exact) mass is 373 g/mol. The van der Waals surface area contributed by atoms with Crippen LogP contribution in [-0.4, -0.2) is 16.8 Å². The van der Waals surface area contributed by atoms with Gasteiger partial charge >= 0.3 is 0 Å². The number of hydrogen-bond donors (Lipinski definition) is 2. The summed E-state index contributed by atoms with van der Waals surface area (Å²) in [4.78, 5) is 29.1. The summed E-state index contributed by atoms with van der Waals surface area (Å²) in [7, 11) is 0. The highest BCUT2D eigenvalue weighted by molar-refractivity contribution is 6.05. The van der Waals surface area contributed by atoms with Gasteiger partial charge in [-0.3, -0.25) is 9.59 Å². The summed E-state index contributed by atoms with van der Waals surface area (Å²) in [5.41, 5.74) is 3.46. The van der Waals surface area contributed by atoms with E-state index >= 15 is 0 Å². The molecule has 3 rings (SSSR count). The topological polar surface area (TPSA) is 71.1 Å². The Balaban J connectivity index is 1.67. The molecule has 0 atom stereocenters. The van der Waals surface area contributed by atoms with E-state index in [-0.39, 0.29) is 11.8 Å². The number of carbonyl (C=O) groups excluding carboxylic acids is 2. The molecule has 0 saturated heterocycles. The van der Waals surface area contributed by atoms with E-state index in [4.69, 9.17) is 0 Å². The normalized spacial score (nSPS) is 10.4. The van der Waals surface area contributed by atoms with Gasteiger partial charge in [0.05, 0.1) is 0 Å². The maximum absolute atomic E-state index is 12.4. The van der Waals surface area contributed by atoms with Crippen LogP contribution in [-0.2, 0) is 12.8 Å². The van der Waals surface area contributed by atoms with Crippen LogP contribution in [0.2, 0.25) is 0 Å². The largest absolute Gasteiger partial charge is 0.306 e. The number of amides is 2. The molecule has 142 valence electrons. The summed E-state index contributed by atoms with van der Waals surface area (Å²) in [5.74, 6) is 0.273. The van der Waals surface area contributed by atoms with Crippen molar-refractivity contribution in [3.63, 3.8) is 0 Å². The van der Waals surface area contributed by atoms with Crippen LogP contribution < -0.4 is 10.6 Å². The van der Waals surface area contributed by atoms with E-state index in [0.29, 0.717) is 22.8 Å². The minimum absolute atomic E-state index is 0.242. The number of anilines is 2. The maximum Gasteiger partial charge on any atom is 0.256 e. The van der Waals surface area contributed by atoms with Crippen molar-refractivity contribution in [2.24, 2.45) is 0 Å². The van der Waals surface area contributed by atoms with Crippen LogP contribution in [0.15, 0.2) is 66.7 Å². The first-order valence-corrected chi connectivity index (χ1v) is 9.36. The van der Waals surface area contributed by atoms with E-state index in [9.17, 15) is 9.59 Å². The first-order chi connectivity index (χ1) is 13.6. The van der Waals surface area contributed by atoms with Crippen molar-refractivity contribution in [1.82, 2.24) is 4.98 Å². The fourth-order valence-corrected chi connectivity index (χ4v) is 2.73. The van der Waals surface area contributed by atoms with Gasteiger partial charge in [-0.05, 0) is 60.4 Å². The average Bonchev–Trinajstić information content (AvgIpc) is 2.74. The molecule has 2 aromatic carbocycles. The van der Waals surface area contributed by atoms with Gasteiger partial charge in [0.25, 0.3) is 11.8 Å². The van der Waals surface area contributed by atoms with Crippen LogP contribution in [0.4, 0.5) is 11.6 Å². The molecule has 0 aliphatic heterocycles. The third kappa shape index (κ3) is 4.82. The molecule has 5 heteroatoms. The molecule has 2 amide bonds. The number of hydrogen-bond acceptors (Lipinski definition) is 3. The minimum atomic E-state index is -0.242. The fraction of sp³-hybridized carbons (Fsp3) is 0.174. The van der Waals surface area contributed by atoms with Gasteiger partial charge in [-0.2, -0.15) is 0 Å². The van der Waals surface area contributed by atoms with E-state index in [2.05, 4.69) is 29.5 Å². The summed E-state index contributed by atoms with van der Waals surface area (Å²) in [5, 5.41) is 5.53. The van der Waals surface area contributed by atoms with Crippen LogP contribution in [0.25, 0.3) is 0 Å². The number of pyridine rings is 1. The van der Waals surface area contributed by atoms with Gasteiger partial charge in [0.2, 0.25) is 0 Å². The van der Waals surface area contributed by atoms with Gasteiger partial charge in [-0.15, -0.1) is 0 Å². The first kappa shape index (κ1) is 19.3. The lowest BCUT2D eigenvalue weighted by atomic mass is 10.1. The molecular weight excluding hydrogens is 350 g/mol. The predicted molar refractivity (Wildman–Crippen MR) is 112 cm³/mol. The molecule has 2 N–H and O–H groups in total. The van der Waals surface area contributed by atoms with Crippen LogP contribution in [0, 0.1) is 0 Å². The molecule has 0 saturated carbocycles. The van der Waals surface area contributed by atoms with Crippen molar-refractivity contribution in [2.45, 2.75) is 26.7 Å². The van der Waals surface area contributed by atoms with E-state index < -0.39 is 0 Å². The summed E-state index contributed by atoms with van der Waals surface area (Å²) in [6.07, 6.45) is 1.85. The number of benzene rings is 2. The Bertz CT molecular complexity index is 887. The van der Waals surface area contributed by atoms with Gasteiger partial charge in [0.1, 0.15) is 11.6 Å². The number of rotatable bonds is 6. The van der Waals surface area contributed by atoms with Crippen molar-refractivity contribution in [3.05, 3.63) is 89.0 Å². The molecule has 0 radical (unpaired) electrons. The number of nitrogens with one attached hydrogen (secondary N) is 2. The SMILES string of the molecule is CCc1ccc(C(=O)Nc2cccc(NC(=O)c3ccc(CC)cc3)n2)cc1. The lowest BCUT2D eigenvalue weighted by Gasteiger charge is -2.09. The molecule has 1 aromatic heterocycles. The van der Waals surface area contributed by atoms with E-state index in [1.165, 1.54) is 11.1 Å².